The van der Waals surface area contributed by atoms with E-state index >= 15 is 0 Å². The van der Waals surface area contributed by atoms with Crippen molar-refractivity contribution < 1.29 is 4.79 Å². The summed E-state index contributed by atoms with van der Waals surface area (Å²) < 4.78 is 0. The number of H-pyrrole nitrogens is 1. The van der Waals surface area contributed by atoms with Gasteiger partial charge in [0.2, 0.25) is 0 Å². The van der Waals surface area contributed by atoms with Crippen molar-refractivity contribution in [1.29, 1.82) is 0 Å². The molecule has 0 spiro atoms. The molecule has 0 unspecified atom stereocenters. The summed E-state index contributed by atoms with van der Waals surface area (Å²) in [4.78, 5) is 20.5. The third-order valence-electron chi connectivity index (χ3n) is 4.75. The van der Waals surface area contributed by atoms with E-state index in [1.807, 2.05) is 12.1 Å². The minimum Gasteiger partial charge on any atom is -0.356 e. The average Bonchev–Trinajstić information content (AvgIpc) is 2.91. The van der Waals surface area contributed by atoms with Crippen LogP contribution in [0.1, 0.15) is 36.3 Å². The number of aromatic nitrogens is 2. The Kier molecular flexibility index (Phi) is 4.49. The molecule has 27 heavy (non-hydrogen) atoms. The first kappa shape index (κ1) is 18.1. The Bertz CT molecular complexity index is 1010. The van der Waals surface area contributed by atoms with Gasteiger partial charge in [-0.3, -0.25) is 9.78 Å². The number of rotatable bonds is 3. The maximum absolute atomic E-state index is 13.0. The predicted molar refractivity (Wildman–Crippen MR) is 110 cm³/mol. The van der Waals surface area contributed by atoms with Gasteiger partial charge in [-0.2, -0.15) is 0 Å². The molecule has 0 saturated carbocycles. The molecular weight excluding hydrogens is 381 g/mol. The summed E-state index contributed by atoms with van der Waals surface area (Å²) in [6.45, 7) is 4.23. The molecule has 0 aliphatic heterocycles. The van der Waals surface area contributed by atoms with Crippen LogP contribution in [0.3, 0.4) is 0 Å². The van der Waals surface area contributed by atoms with Crippen LogP contribution < -0.4 is 5.32 Å². The van der Waals surface area contributed by atoms with Crippen LogP contribution in [0.15, 0.2) is 42.7 Å². The third kappa shape index (κ3) is 3.60. The van der Waals surface area contributed by atoms with Gasteiger partial charge in [0.25, 0.3) is 0 Å². The molecule has 3 aromatic rings. The molecule has 0 radical (unpaired) electrons. The molecule has 4 nitrogen and oxygen atoms in total. The van der Waals surface area contributed by atoms with Gasteiger partial charge >= 0.3 is 0 Å². The normalized spacial score (nSPS) is 15.5. The molecule has 6 heteroatoms. The second kappa shape index (κ2) is 6.70. The van der Waals surface area contributed by atoms with Gasteiger partial charge in [0.05, 0.1) is 16.9 Å². The first-order valence-electron chi connectivity index (χ1n) is 8.74. The van der Waals surface area contributed by atoms with Crippen molar-refractivity contribution in [3.8, 4) is 11.3 Å². The van der Waals surface area contributed by atoms with Crippen molar-refractivity contribution in [3.63, 3.8) is 0 Å². The van der Waals surface area contributed by atoms with Crippen LogP contribution in [-0.4, -0.2) is 15.8 Å². The predicted octanol–water partition coefficient (Wildman–Crippen LogP) is 6.28. The average molecular weight is 400 g/mol. The van der Waals surface area contributed by atoms with Gasteiger partial charge < -0.3 is 10.3 Å². The Hall–Kier alpha value is -2.30. The highest BCUT2D eigenvalue weighted by molar-refractivity contribution is 6.35. The number of nitrogens with zero attached hydrogens (tertiary/aromatic N) is 1. The molecule has 2 N–H and O–H groups in total. The molecule has 2 aromatic heterocycles. The number of Topliss-reactive ketones (excluding diaryl/α,β-unsaturated/α-hetero) is 1. The van der Waals surface area contributed by atoms with Crippen LogP contribution in [0.25, 0.3) is 11.3 Å². The molecule has 1 aliphatic rings. The number of pyridine rings is 1. The highest BCUT2D eigenvalue weighted by Gasteiger charge is 2.35. The first-order chi connectivity index (χ1) is 12.8. The van der Waals surface area contributed by atoms with Crippen LogP contribution in [0.4, 0.5) is 11.4 Å². The van der Waals surface area contributed by atoms with E-state index in [0.29, 0.717) is 16.5 Å². The maximum Gasteiger partial charge on any atom is 0.167 e. The van der Waals surface area contributed by atoms with Gasteiger partial charge in [0.15, 0.2) is 5.78 Å². The van der Waals surface area contributed by atoms with Crippen LogP contribution in [-0.2, 0) is 6.42 Å². The minimum atomic E-state index is -0.0684. The lowest BCUT2D eigenvalue weighted by Crippen LogP contribution is -2.26. The number of fused-ring (bicyclic) bond motifs is 1. The summed E-state index contributed by atoms with van der Waals surface area (Å²) in [6, 6.07) is 9.10. The first-order valence-corrected chi connectivity index (χ1v) is 9.49. The number of halogens is 2. The molecule has 0 bridgehead atoms. The molecule has 1 aliphatic carbocycles. The van der Waals surface area contributed by atoms with Crippen molar-refractivity contribution in [2.75, 3.05) is 5.32 Å². The zero-order chi connectivity index (χ0) is 19.2. The van der Waals surface area contributed by atoms with Crippen molar-refractivity contribution in [2.45, 2.75) is 26.7 Å². The number of aromatic amines is 1. The third-order valence-corrected chi connectivity index (χ3v) is 5.19. The summed E-state index contributed by atoms with van der Waals surface area (Å²) >= 11 is 12.3. The zero-order valence-electron chi connectivity index (χ0n) is 15.1. The lowest BCUT2D eigenvalue weighted by molar-refractivity contribution is 0.0912. The Morgan fingerprint density at radius 3 is 2.41 bits per heavy atom. The number of benzene rings is 1. The van der Waals surface area contributed by atoms with E-state index in [1.165, 1.54) is 0 Å². The summed E-state index contributed by atoms with van der Waals surface area (Å²) in [5, 5.41) is 4.45. The van der Waals surface area contributed by atoms with Crippen molar-refractivity contribution >= 4 is 40.4 Å². The number of hydrogen-bond donors (Lipinski definition) is 2. The Balaban J connectivity index is 1.88. The highest BCUT2D eigenvalue weighted by atomic mass is 35.5. The minimum absolute atomic E-state index is 0.0684. The molecule has 0 saturated heterocycles. The molecule has 1 aromatic carbocycles. The lowest BCUT2D eigenvalue weighted by atomic mass is 9.76. The molecule has 2 heterocycles. The fourth-order valence-electron chi connectivity index (χ4n) is 3.69. The Labute approximate surface area is 167 Å². The summed E-state index contributed by atoms with van der Waals surface area (Å²) in [5.74, 6) is 0.133. The second-order valence-corrected chi connectivity index (χ2v) is 8.56. The zero-order valence-corrected chi connectivity index (χ0v) is 16.6. The van der Waals surface area contributed by atoms with Gasteiger partial charge in [0.1, 0.15) is 0 Å². The number of ketones is 1. The number of nitrogens with one attached hydrogen (secondary N) is 2. The van der Waals surface area contributed by atoms with E-state index in [9.17, 15) is 4.79 Å². The topological polar surface area (TPSA) is 57.8 Å². The maximum atomic E-state index is 13.0. The van der Waals surface area contributed by atoms with E-state index in [2.05, 4.69) is 29.1 Å². The van der Waals surface area contributed by atoms with Crippen molar-refractivity contribution in [1.82, 2.24) is 9.97 Å². The molecule has 0 amide bonds. The summed E-state index contributed by atoms with van der Waals surface area (Å²) in [5.41, 5.74) is 4.93. The lowest BCUT2D eigenvalue weighted by Gasteiger charge is -2.28. The molecule has 138 valence electrons. The van der Waals surface area contributed by atoms with Crippen molar-refractivity contribution in [3.05, 3.63) is 64.0 Å². The summed E-state index contributed by atoms with van der Waals surface area (Å²) in [7, 11) is 0. The SMILES string of the molecule is CC1(C)CC(=O)c2c([nH]c(-c3ccncc3)c2Nc2cc(Cl)cc(Cl)c2)C1. The van der Waals surface area contributed by atoms with E-state index in [-0.39, 0.29) is 11.2 Å². The molecule has 4 rings (SSSR count). The largest absolute Gasteiger partial charge is 0.356 e. The van der Waals surface area contributed by atoms with Gasteiger partial charge in [0, 0.05) is 45.8 Å². The fraction of sp³-hybridized carbons (Fsp3) is 0.238. The van der Waals surface area contributed by atoms with E-state index in [0.717, 1.165) is 40.3 Å². The number of anilines is 2. The van der Waals surface area contributed by atoms with Crippen LogP contribution >= 0.6 is 23.2 Å². The van der Waals surface area contributed by atoms with E-state index < -0.39 is 0 Å². The van der Waals surface area contributed by atoms with Crippen LogP contribution in [0, 0.1) is 5.41 Å². The van der Waals surface area contributed by atoms with Gasteiger partial charge in [-0.1, -0.05) is 37.0 Å². The number of carbonyl (C=O) groups is 1. The fourth-order valence-corrected chi connectivity index (χ4v) is 4.21. The quantitative estimate of drug-likeness (QED) is 0.544. The Morgan fingerprint density at radius 2 is 1.74 bits per heavy atom. The summed E-state index contributed by atoms with van der Waals surface area (Å²) in [6.07, 6.45) is 4.80. The van der Waals surface area contributed by atoms with Gasteiger partial charge in [-0.05, 0) is 42.2 Å². The second-order valence-electron chi connectivity index (χ2n) is 7.69. The molecule has 0 atom stereocenters. The van der Waals surface area contributed by atoms with Gasteiger partial charge in [-0.15, -0.1) is 0 Å². The van der Waals surface area contributed by atoms with Crippen LogP contribution in [0.5, 0.6) is 0 Å². The molecule has 0 fully saturated rings. The van der Waals surface area contributed by atoms with Crippen LogP contribution in [0.2, 0.25) is 10.0 Å². The number of carbonyl (C=O) groups excluding carboxylic acids is 1. The molecular formula is C21H19Cl2N3O. The Morgan fingerprint density at radius 1 is 1.07 bits per heavy atom. The van der Waals surface area contributed by atoms with E-state index in [4.69, 9.17) is 23.2 Å². The van der Waals surface area contributed by atoms with Crippen molar-refractivity contribution in [2.24, 2.45) is 5.41 Å². The smallest absolute Gasteiger partial charge is 0.167 e. The highest BCUT2D eigenvalue weighted by Crippen LogP contribution is 2.43. The standard InChI is InChI=1S/C21H19Cl2N3O/c1-21(2)10-16-18(17(27)11-21)20(19(26-16)12-3-5-24-6-4-12)25-15-8-13(22)7-14(23)9-15/h3-9,25-26H,10-11H2,1-2H3. The number of hydrogen-bond acceptors (Lipinski definition) is 3. The monoisotopic (exact) mass is 399 g/mol. The van der Waals surface area contributed by atoms with Gasteiger partial charge in [-0.25, -0.2) is 0 Å². The van der Waals surface area contributed by atoms with E-state index in [1.54, 1.807) is 30.6 Å².